The Hall–Kier alpha value is -1.01. The van der Waals surface area contributed by atoms with Crippen molar-refractivity contribution in [1.29, 1.82) is 0 Å². The van der Waals surface area contributed by atoms with Gasteiger partial charge in [0.2, 0.25) is 0 Å². The Labute approximate surface area is 111 Å². The third-order valence-corrected chi connectivity index (χ3v) is 3.64. The number of fused-ring (bicyclic) bond motifs is 1. The van der Waals surface area contributed by atoms with Crippen LogP contribution in [-0.4, -0.2) is 26.8 Å². The summed E-state index contributed by atoms with van der Waals surface area (Å²) in [4.78, 5) is 18.1. The Morgan fingerprint density at radius 2 is 2.35 bits per heavy atom. The number of rotatable bonds is 4. The second-order valence-electron chi connectivity index (χ2n) is 3.69. The number of thioether (sulfide) groups is 1. The molecule has 2 aromatic rings. The van der Waals surface area contributed by atoms with E-state index >= 15 is 0 Å². The molecule has 17 heavy (non-hydrogen) atoms. The van der Waals surface area contributed by atoms with Crippen LogP contribution in [0.15, 0.2) is 16.6 Å². The smallest absolute Gasteiger partial charge is 0.313 e. The van der Waals surface area contributed by atoms with Crippen molar-refractivity contribution < 1.29 is 9.90 Å². The minimum atomic E-state index is -0.801. The molecular formula is C11H11BrN2O2S. The van der Waals surface area contributed by atoms with Crippen LogP contribution < -0.4 is 0 Å². The summed E-state index contributed by atoms with van der Waals surface area (Å²) in [6.45, 7) is 2.00. The maximum Gasteiger partial charge on any atom is 0.313 e. The number of carboxylic acid groups (broad SMARTS) is 1. The molecular weight excluding hydrogens is 304 g/mol. The number of aromatic nitrogens is 2. The Bertz CT molecular complexity index is 568. The number of carboxylic acids is 1. The zero-order chi connectivity index (χ0) is 12.4. The van der Waals surface area contributed by atoms with E-state index in [2.05, 4.69) is 25.9 Å². The third-order valence-electron chi connectivity index (χ3n) is 2.26. The minimum Gasteiger partial charge on any atom is -0.481 e. The normalized spacial score (nSPS) is 10.9. The van der Waals surface area contributed by atoms with E-state index in [1.807, 2.05) is 19.1 Å². The molecule has 90 valence electrons. The fourth-order valence-electron chi connectivity index (χ4n) is 1.60. The molecule has 0 unspecified atom stereocenters. The number of imidazole rings is 1. The zero-order valence-electron chi connectivity index (χ0n) is 9.16. The van der Waals surface area contributed by atoms with E-state index in [-0.39, 0.29) is 5.75 Å². The number of benzene rings is 1. The lowest BCUT2D eigenvalue weighted by molar-refractivity contribution is -0.133. The number of carbonyl (C=O) groups is 1. The number of aromatic amines is 1. The predicted octanol–water partition coefficient (Wildman–Crippen LogP) is 2.95. The van der Waals surface area contributed by atoms with E-state index in [1.165, 1.54) is 11.8 Å². The first kappa shape index (κ1) is 12.4. The van der Waals surface area contributed by atoms with Gasteiger partial charge in [0, 0.05) is 4.47 Å². The van der Waals surface area contributed by atoms with Crippen LogP contribution in [0.3, 0.4) is 0 Å². The van der Waals surface area contributed by atoms with Crippen molar-refractivity contribution in [3.8, 4) is 0 Å². The number of halogens is 1. The van der Waals surface area contributed by atoms with Crippen LogP contribution in [0, 0.1) is 6.92 Å². The van der Waals surface area contributed by atoms with Gasteiger partial charge in [-0.1, -0.05) is 15.9 Å². The summed E-state index contributed by atoms with van der Waals surface area (Å²) in [6.07, 6.45) is 0. The lowest BCUT2D eigenvalue weighted by atomic mass is 10.2. The van der Waals surface area contributed by atoms with Gasteiger partial charge in [0.1, 0.15) is 5.82 Å². The van der Waals surface area contributed by atoms with Crippen molar-refractivity contribution in [3.63, 3.8) is 0 Å². The molecule has 4 nitrogen and oxygen atoms in total. The van der Waals surface area contributed by atoms with Crippen LogP contribution in [0.4, 0.5) is 0 Å². The first-order valence-corrected chi connectivity index (χ1v) is 6.95. The van der Waals surface area contributed by atoms with Gasteiger partial charge in [0.15, 0.2) is 0 Å². The standard InChI is InChI=1S/C11H11BrN2O2S/c1-6-2-7(12)3-8-11(6)14-9(13-8)4-17-5-10(15)16/h2-3H,4-5H2,1H3,(H,13,14)(H,15,16). The molecule has 1 aromatic carbocycles. The van der Waals surface area contributed by atoms with Gasteiger partial charge in [0.05, 0.1) is 22.5 Å². The van der Waals surface area contributed by atoms with Gasteiger partial charge >= 0.3 is 5.97 Å². The number of aryl methyl sites for hydroxylation is 1. The number of hydrogen-bond acceptors (Lipinski definition) is 3. The molecule has 0 saturated heterocycles. The number of aliphatic carboxylic acids is 1. The van der Waals surface area contributed by atoms with Gasteiger partial charge in [-0.3, -0.25) is 4.79 Å². The molecule has 0 saturated carbocycles. The molecule has 0 amide bonds. The molecule has 2 N–H and O–H groups in total. The van der Waals surface area contributed by atoms with Crippen molar-refractivity contribution in [2.45, 2.75) is 12.7 Å². The van der Waals surface area contributed by atoms with E-state index in [0.29, 0.717) is 5.75 Å². The quantitative estimate of drug-likeness (QED) is 0.910. The molecule has 0 bridgehead atoms. The number of nitrogens with one attached hydrogen (secondary N) is 1. The molecule has 0 aliphatic rings. The van der Waals surface area contributed by atoms with Crippen LogP contribution in [0.5, 0.6) is 0 Å². The van der Waals surface area contributed by atoms with E-state index in [1.54, 1.807) is 0 Å². The van der Waals surface area contributed by atoms with Crippen molar-refractivity contribution in [3.05, 3.63) is 28.0 Å². The summed E-state index contributed by atoms with van der Waals surface area (Å²) < 4.78 is 1.01. The minimum absolute atomic E-state index is 0.0969. The summed E-state index contributed by atoms with van der Waals surface area (Å²) in [5.74, 6) is 0.690. The highest BCUT2D eigenvalue weighted by Gasteiger charge is 2.07. The Kier molecular flexibility index (Phi) is 3.73. The molecule has 0 radical (unpaired) electrons. The highest BCUT2D eigenvalue weighted by atomic mass is 79.9. The maximum atomic E-state index is 10.4. The Balaban J connectivity index is 2.20. The first-order valence-electron chi connectivity index (χ1n) is 5.00. The van der Waals surface area contributed by atoms with Crippen LogP contribution >= 0.6 is 27.7 Å². The highest BCUT2D eigenvalue weighted by molar-refractivity contribution is 9.10. The van der Waals surface area contributed by atoms with Gasteiger partial charge in [-0.25, -0.2) is 4.98 Å². The average molecular weight is 315 g/mol. The maximum absolute atomic E-state index is 10.4. The monoisotopic (exact) mass is 314 g/mol. The summed E-state index contributed by atoms with van der Waals surface area (Å²) in [5, 5.41) is 8.55. The summed E-state index contributed by atoms with van der Waals surface area (Å²) in [7, 11) is 0. The van der Waals surface area contributed by atoms with Crippen molar-refractivity contribution >= 4 is 44.7 Å². The molecule has 1 heterocycles. The number of nitrogens with zero attached hydrogens (tertiary/aromatic N) is 1. The van der Waals surface area contributed by atoms with Gasteiger partial charge < -0.3 is 10.1 Å². The Morgan fingerprint density at radius 3 is 3.06 bits per heavy atom. The highest BCUT2D eigenvalue weighted by Crippen LogP contribution is 2.23. The lowest BCUT2D eigenvalue weighted by Crippen LogP contribution is -1.98. The molecule has 2 rings (SSSR count). The van der Waals surface area contributed by atoms with Crippen molar-refractivity contribution in [1.82, 2.24) is 9.97 Å². The molecule has 0 aliphatic carbocycles. The van der Waals surface area contributed by atoms with Gasteiger partial charge in [-0.15, -0.1) is 11.8 Å². The SMILES string of the molecule is Cc1cc(Br)cc2[nH]c(CSCC(=O)O)nc12. The summed E-state index contributed by atoms with van der Waals surface area (Å²) in [6, 6.07) is 3.98. The fourth-order valence-corrected chi connectivity index (χ4v) is 2.78. The van der Waals surface area contributed by atoms with Crippen LogP contribution in [0.1, 0.15) is 11.4 Å². The summed E-state index contributed by atoms with van der Waals surface area (Å²) >= 11 is 4.77. The molecule has 0 spiro atoms. The van der Waals surface area contributed by atoms with Crippen molar-refractivity contribution in [2.24, 2.45) is 0 Å². The van der Waals surface area contributed by atoms with Gasteiger partial charge in [-0.05, 0) is 24.6 Å². The van der Waals surface area contributed by atoms with Crippen molar-refractivity contribution in [2.75, 3.05) is 5.75 Å². The first-order chi connectivity index (χ1) is 8.06. The average Bonchev–Trinajstić information content (AvgIpc) is 2.60. The van der Waals surface area contributed by atoms with Crippen LogP contribution in [0.25, 0.3) is 11.0 Å². The second-order valence-corrected chi connectivity index (χ2v) is 5.59. The van der Waals surface area contributed by atoms with E-state index in [9.17, 15) is 4.79 Å². The second kappa shape index (κ2) is 5.10. The molecule has 6 heteroatoms. The molecule has 0 atom stereocenters. The van der Waals surface area contributed by atoms with Crippen LogP contribution in [-0.2, 0) is 10.5 Å². The van der Waals surface area contributed by atoms with E-state index in [0.717, 1.165) is 26.9 Å². The number of hydrogen-bond donors (Lipinski definition) is 2. The third kappa shape index (κ3) is 3.01. The molecule has 1 aromatic heterocycles. The topological polar surface area (TPSA) is 66.0 Å². The number of H-pyrrole nitrogens is 1. The predicted molar refractivity (Wildman–Crippen MR) is 72.3 cm³/mol. The Morgan fingerprint density at radius 1 is 1.59 bits per heavy atom. The molecule has 0 fully saturated rings. The lowest BCUT2D eigenvalue weighted by Gasteiger charge is -1.94. The molecule has 0 aliphatic heterocycles. The van der Waals surface area contributed by atoms with Crippen LogP contribution in [0.2, 0.25) is 0 Å². The summed E-state index contributed by atoms with van der Waals surface area (Å²) in [5.41, 5.74) is 3.02. The van der Waals surface area contributed by atoms with E-state index < -0.39 is 5.97 Å². The van der Waals surface area contributed by atoms with Gasteiger partial charge in [-0.2, -0.15) is 0 Å². The van der Waals surface area contributed by atoms with Gasteiger partial charge in [0.25, 0.3) is 0 Å². The largest absolute Gasteiger partial charge is 0.481 e. The fraction of sp³-hybridized carbons (Fsp3) is 0.273. The zero-order valence-corrected chi connectivity index (χ0v) is 11.6. The van der Waals surface area contributed by atoms with E-state index in [4.69, 9.17) is 5.11 Å².